The molecule has 0 N–H and O–H groups in total. The number of para-hydroxylation sites is 1. The summed E-state index contributed by atoms with van der Waals surface area (Å²) in [5.74, 6) is 1.82. The van der Waals surface area contributed by atoms with E-state index in [9.17, 15) is 4.79 Å². The molecule has 2 aliphatic rings. The molecule has 0 unspecified atom stereocenters. The Hall–Kier alpha value is -2.01. The molecule has 1 aliphatic heterocycles. The Morgan fingerprint density at radius 3 is 2.96 bits per heavy atom. The van der Waals surface area contributed by atoms with Crippen LogP contribution in [0.5, 0.6) is 5.75 Å². The number of hydrogen-bond donors (Lipinski definition) is 0. The number of benzene rings is 1. The second-order valence-electron chi connectivity index (χ2n) is 6.62. The lowest BCUT2D eigenvalue weighted by Gasteiger charge is -2.22. The van der Waals surface area contributed by atoms with Crippen LogP contribution in [0.1, 0.15) is 12.8 Å². The van der Waals surface area contributed by atoms with Crippen LogP contribution >= 0.6 is 11.6 Å². The van der Waals surface area contributed by atoms with Crippen LogP contribution < -0.4 is 4.74 Å². The van der Waals surface area contributed by atoms with Crippen molar-refractivity contribution in [1.29, 1.82) is 0 Å². The van der Waals surface area contributed by atoms with Crippen LogP contribution in [0.15, 0.2) is 43.0 Å². The number of carbonyl (C=O) groups is 1. The van der Waals surface area contributed by atoms with Gasteiger partial charge < -0.3 is 14.2 Å². The predicted molar refractivity (Wildman–Crippen MR) is 90.9 cm³/mol. The lowest BCUT2D eigenvalue weighted by Crippen LogP contribution is -2.34. The zero-order valence-corrected chi connectivity index (χ0v) is 14.1. The Bertz CT molecular complexity index is 719. The van der Waals surface area contributed by atoms with Crippen LogP contribution in [0.25, 0.3) is 0 Å². The molecule has 24 heavy (non-hydrogen) atoms. The Labute approximate surface area is 146 Å². The lowest BCUT2D eigenvalue weighted by atomic mass is 9.99. The Morgan fingerprint density at radius 2 is 2.17 bits per heavy atom. The first-order chi connectivity index (χ1) is 11.7. The molecule has 126 valence electrons. The molecule has 0 bridgehead atoms. The van der Waals surface area contributed by atoms with Gasteiger partial charge in [0.15, 0.2) is 0 Å². The van der Waals surface area contributed by atoms with Crippen LogP contribution in [0, 0.1) is 11.8 Å². The van der Waals surface area contributed by atoms with Gasteiger partial charge in [-0.1, -0.05) is 23.7 Å². The standard InChI is InChI=1S/C18H20ClN3O2/c19-15-3-1-2-4-17(15)24-16-6-5-13-9-22(10-14(13)16)18(23)11-21-8-7-20-12-21/h1-4,7-8,12-14,16H,5-6,9-11H2/t13-,14+,16-/m0/s1. The molecule has 5 nitrogen and oxygen atoms in total. The first-order valence-electron chi connectivity index (χ1n) is 8.35. The SMILES string of the molecule is O=C(Cn1ccnc1)N1C[C@@H]2CC[C@H](Oc3ccccc3Cl)[C@@H]2C1. The molecule has 0 radical (unpaired) electrons. The van der Waals surface area contributed by atoms with Gasteiger partial charge in [-0.2, -0.15) is 0 Å². The summed E-state index contributed by atoms with van der Waals surface area (Å²) in [6.07, 6.45) is 7.47. The molecule has 1 aliphatic carbocycles. The van der Waals surface area contributed by atoms with Crippen molar-refractivity contribution in [2.24, 2.45) is 11.8 Å². The molecule has 6 heteroatoms. The zero-order chi connectivity index (χ0) is 16.5. The highest BCUT2D eigenvalue weighted by Gasteiger charge is 2.45. The third-order valence-corrected chi connectivity index (χ3v) is 5.45. The normalized spacial score (nSPS) is 25.7. The second-order valence-corrected chi connectivity index (χ2v) is 7.03. The highest BCUT2D eigenvalue weighted by atomic mass is 35.5. The zero-order valence-electron chi connectivity index (χ0n) is 13.3. The van der Waals surface area contributed by atoms with E-state index in [1.807, 2.05) is 39.9 Å². The fourth-order valence-electron chi connectivity index (χ4n) is 3.91. The summed E-state index contributed by atoms with van der Waals surface area (Å²) in [6, 6.07) is 7.59. The summed E-state index contributed by atoms with van der Waals surface area (Å²) in [6.45, 7) is 1.96. The van der Waals surface area contributed by atoms with Crippen molar-refractivity contribution in [1.82, 2.24) is 14.5 Å². The van der Waals surface area contributed by atoms with Crippen LogP contribution in [0.3, 0.4) is 0 Å². The van der Waals surface area contributed by atoms with Crippen molar-refractivity contribution in [3.63, 3.8) is 0 Å². The number of ether oxygens (including phenoxy) is 1. The van der Waals surface area contributed by atoms with E-state index in [4.69, 9.17) is 16.3 Å². The van der Waals surface area contributed by atoms with Crippen LogP contribution in [0.4, 0.5) is 0 Å². The Morgan fingerprint density at radius 1 is 1.29 bits per heavy atom. The highest BCUT2D eigenvalue weighted by Crippen LogP contribution is 2.41. The van der Waals surface area contributed by atoms with Crippen LogP contribution in [-0.4, -0.2) is 39.6 Å². The predicted octanol–water partition coefficient (Wildman–Crippen LogP) is 2.85. The molecule has 0 spiro atoms. The van der Waals surface area contributed by atoms with Gasteiger partial charge in [-0.05, 0) is 30.9 Å². The minimum atomic E-state index is 0.140. The molecule has 1 aromatic carbocycles. The maximum absolute atomic E-state index is 12.5. The van der Waals surface area contributed by atoms with Crippen molar-refractivity contribution in [2.75, 3.05) is 13.1 Å². The number of imidazole rings is 1. The highest BCUT2D eigenvalue weighted by molar-refractivity contribution is 6.32. The maximum atomic E-state index is 12.5. The monoisotopic (exact) mass is 345 g/mol. The number of rotatable bonds is 4. The average molecular weight is 346 g/mol. The van der Waals surface area contributed by atoms with Gasteiger partial charge in [-0.15, -0.1) is 0 Å². The van der Waals surface area contributed by atoms with Gasteiger partial charge >= 0.3 is 0 Å². The Balaban J connectivity index is 1.40. The molecule has 4 rings (SSSR count). The average Bonchev–Trinajstić information content (AvgIpc) is 3.28. The van der Waals surface area contributed by atoms with Gasteiger partial charge in [-0.3, -0.25) is 4.79 Å². The van der Waals surface area contributed by atoms with Gasteiger partial charge in [0, 0.05) is 31.4 Å². The summed E-state index contributed by atoms with van der Waals surface area (Å²) >= 11 is 6.21. The van der Waals surface area contributed by atoms with E-state index in [2.05, 4.69) is 4.98 Å². The van der Waals surface area contributed by atoms with Crippen molar-refractivity contribution >= 4 is 17.5 Å². The molecular formula is C18H20ClN3O2. The number of fused-ring (bicyclic) bond motifs is 1. The van der Waals surface area contributed by atoms with E-state index < -0.39 is 0 Å². The minimum Gasteiger partial charge on any atom is -0.489 e. The minimum absolute atomic E-state index is 0.140. The maximum Gasteiger partial charge on any atom is 0.242 e. The van der Waals surface area contributed by atoms with E-state index in [0.29, 0.717) is 23.4 Å². The van der Waals surface area contributed by atoms with Gasteiger partial charge in [-0.25, -0.2) is 4.98 Å². The third kappa shape index (κ3) is 3.00. The molecule has 2 heterocycles. The van der Waals surface area contributed by atoms with E-state index in [1.165, 1.54) is 0 Å². The number of amides is 1. The summed E-state index contributed by atoms with van der Waals surface area (Å²) in [5, 5.41) is 0.645. The number of likely N-dealkylation sites (tertiary alicyclic amines) is 1. The molecule has 3 atom stereocenters. The third-order valence-electron chi connectivity index (χ3n) is 5.14. The summed E-state index contributed by atoms with van der Waals surface area (Å²) in [7, 11) is 0. The van der Waals surface area contributed by atoms with E-state index >= 15 is 0 Å². The van der Waals surface area contributed by atoms with Gasteiger partial charge in [0.1, 0.15) is 18.4 Å². The molecule has 1 saturated carbocycles. The fourth-order valence-corrected chi connectivity index (χ4v) is 4.09. The van der Waals surface area contributed by atoms with Crippen molar-refractivity contribution in [3.8, 4) is 5.75 Å². The van der Waals surface area contributed by atoms with E-state index in [1.54, 1.807) is 12.5 Å². The molecular weight excluding hydrogens is 326 g/mol. The van der Waals surface area contributed by atoms with Gasteiger partial charge in [0.2, 0.25) is 5.91 Å². The van der Waals surface area contributed by atoms with E-state index in [-0.39, 0.29) is 12.0 Å². The molecule has 1 saturated heterocycles. The van der Waals surface area contributed by atoms with Crippen LogP contribution in [-0.2, 0) is 11.3 Å². The fraction of sp³-hybridized carbons (Fsp3) is 0.444. The summed E-state index contributed by atoms with van der Waals surface area (Å²) in [4.78, 5) is 18.4. The first-order valence-corrected chi connectivity index (χ1v) is 8.73. The molecule has 1 aromatic heterocycles. The van der Waals surface area contributed by atoms with Crippen molar-refractivity contribution < 1.29 is 9.53 Å². The number of aromatic nitrogens is 2. The first kappa shape index (κ1) is 15.5. The molecule has 2 fully saturated rings. The van der Waals surface area contributed by atoms with Gasteiger partial charge in [0.25, 0.3) is 0 Å². The number of carbonyl (C=O) groups excluding carboxylic acids is 1. The number of hydrogen-bond acceptors (Lipinski definition) is 3. The largest absolute Gasteiger partial charge is 0.489 e. The van der Waals surface area contributed by atoms with Gasteiger partial charge in [0.05, 0.1) is 11.3 Å². The topological polar surface area (TPSA) is 47.4 Å². The second kappa shape index (κ2) is 6.48. The smallest absolute Gasteiger partial charge is 0.242 e. The van der Waals surface area contributed by atoms with Crippen molar-refractivity contribution in [3.05, 3.63) is 48.0 Å². The quantitative estimate of drug-likeness (QED) is 0.856. The molecule has 2 aromatic rings. The van der Waals surface area contributed by atoms with Crippen LogP contribution in [0.2, 0.25) is 5.02 Å². The van der Waals surface area contributed by atoms with Crippen molar-refractivity contribution in [2.45, 2.75) is 25.5 Å². The Kier molecular flexibility index (Phi) is 4.19. The number of halogens is 1. The summed E-state index contributed by atoms with van der Waals surface area (Å²) < 4.78 is 7.98. The lowest BCUT2D eigenvalue weighted by molar-refractivity contribution is -0.131. The van der Waals surface area contributed by atoms with E-state index in [0.717, 1.165) is 31.7 Å². The summed E-state index contributed by atoms with van der Waals surface area (Å²) in [5.41, 5.74) is 0. The molecule has 1 amide bonds. The number of nitrogens with zero attached hydrogens (tertiary/aromatic N) is 3.